The van der Waals surface area contributed by atoms with Crippen LogP contribution in [0.1, 0.15) is 21.5 Å². The van der Waals surface area contributed by atoms with Crippen molar-refractivity contribution in [2.24, 2.45) is 0 Å². The van der Waals surface area contributed by atoms with Crippen LogP contribution in [0.3, 0.4) is 0 Å². The van der Waals surface area contributed by atoms with Crippen LogP contribution >= 0.6 is 0 Å². The molecule has 0 amide bonds. The number of hydrogen-bond acceptors (Lipinski definition) is 4. The minimum Gasteiger partial charge on any atom is -0.497 e. The third-order valence-electron chi connectivity index (χ3n) is 3.54. The summed E-state index contributed by atoms with van der Waals surface area (Å²) in [5, 5.41) is 3.07. The van der Waals surface area contributed by atoms with Crippen LogP contribution in [0.4, 0.5) is 5.69 Å². The summed E-state index contributed by atoms with van der Waals surface area (Å²) >= 11 is 0. The molecule has 4 heteroatoms. The Labute approximate surface area is 136 Å². The Morgan fingerprint density at radius 1 is 1.04 bits per heavy atom. The first-order valence-electron chi connectivity index (χ1n) is 7.32. The van der Waals surface area contributed by atoms with Crippen LogP contribution in [0.5, 0.6) is 11.5 Å². The number of carbonyl (C=O) groups excluding carboxylic acids is 1. The average Bonchev–Trinajstić information content (AvgIpc) is 2.56. The Hall–Kier alpha value is -2.75. The molecular formula is C19H21NO3. The number of benzene rings is 2. The minimum absolute atomic E-state index is 0.0411. The molecular weight excluding hydrogens is 290 g/mol. The van der Waals surface area contributed by atoms with Crippen LogP contribution in [-0.2, 0) is 0 Å². The zero-order valence-electron chi connectivity index (χ0n) is 13.8. The van der Waals surface area contributed by atoms with Crippen molar-refractivity contribution in [2.45, 2.75) is 13.8 Å². The fourth-order valence-corrected chi connectivity index (χ4v) is 2.23. The zero-order chi connectivity index (χ0) is 16.8. The SMILES string of the molecule is COc1ccc(OC)c(NC=CC(=O)c2cc(C)ccc2C)c1. The van der Waals surface area contributed by atoms with Crippen molar-refractivity contribution < 1.29 is 14.3 Å². The molecule has 0 aliphatic heterocycles. The number of anilines is 1. The van der Waals surface area contributed by atoms with Crippen molar-refractivity contribution in [1.82, 2.24) is 0 Å². The van der Waals surface area contributed by atoms with Crippen molar-refractivity contribution in [3.63, 3.8) is 0 Å². The van der Waals surface area contributed by atoms with Gasteiger partial charge in [0.1, 0.15) is 11.5 Å². The summed E-state index contributed by atoms with van der Waals surface area (Å²) in [5.41, 5.74) is 3.47. The number of ketones is 1. The molecule has 120 valence electrons. The third-order valence-corrected chi connectivity index (χ3v) is 3.54. The number of ether oxygens (including phenoxy) is 2. The molecule has 0 spiro atoms. The maximum absolute atomic E-state index is 12.3. The van der Waals surface area contributed by atoms with Gasteiger partial charge in [0.15, 0.2) is 5.78 Å². The maximum atomic E-state index is 12.3. The van der Waals surface area contributed by atoms with Crippen molar-refractivity contribution in [3.8, 4) is 11.5 Å². The summed E-state index contributed by atoms with van der Waals surface area (Å²) in [6, 6.07) is 11.3. The summed E-state index contributed by atoms with van der Waals surface area (Å²) in [5.74, 6) is 1.35. The van der Waals surface area contributed by atoms with Gasteiger partial charge < -0.3 is 14.8 Å². The van der Waals surface area contributed by atoms with Gasteiger partial charge in [-0.3, -0.25) is 4.79 Å². The molecule has 2 aromatic rings. The lowest BCUT2D eigenvalue weighted by Gasteiger charge is -2.10. The predicted octanol–water partition coefficient (Wildman–Crippen LogP) is 4.13. The largest absolute Gasteiger partial charge is 0.497 e. The topological polar surface area (TPSA) is 47.6 Å². The highest BCUT2D eigenvalue weighted by molar-refractivity contribution is 6.05. The highest BCUT2D eigenvalue weighted by atomic mass is 16.5. The van der Waals surface area contributed by atoms with Gasteiger partial charge in [0.2, 0.25) is 0 Å². The van der Waals surface area contributed by atoms with E-state index in [-0.39, 0.29) is 5.78 Å². The van der Waals surface area contributed by atoms with E-state index in [1.807, 2.05) is 50.2 Å². The van der Waals surface area contributed by atoms with E-state index in [1.165, 1.54) is 6.08 Å². The number of methoxy groups -OCH3 is 2. The van der Waals surface area contributed by atoms with Crippen LogP contribution in [0.2, 0.25) is 0 Å². The predicted molar refractivity (Wildman–Crippen MR) is 92.6 cm³/mol. The normalized spacial score (nSPS) is 10.6. The lowest BCUT2D eigenvalue weighted by Crippen LogP contribution is -2.00. The first-order chi connectivity index (χ1) is 11.0. The molecule has 0 bridgehead atoms. The number of aryl methyl sites for hydroxylation is 2. The van der Waals surface area contributed by atoms with Gasteiger partial charge in [0.25, 0.3) is 0 Å². The summed E-state index contributed by atoms with van der Waals surface area (Å²) in [4.78, 5) is 12.3. The monoisotopic (exact) mass is 311 g/mol. The molecule has 0 saturated carbocycles. The molecule has 0 fully saturated rings. The quantitative estimate of drug-likeness (QED) is 0.643. The van der Waals surface area contributed by atoms with Crippen LogP contribution in [0.25, 0.3) is 0 Å². The van der Waals surface area contributed by atoms with Crippen molar-refractivity contribution in [1.29, 1.82) is 0 Å². The molecule has 0 heterocycles. The summed E-state index contributed by atoms with van der Waals surface area (Å²) < 4.78 is 10.5. The molecule has 0 atom stereocenters. The van der Waals surface area contributed by atoms with Gasteiger partial charge in [-0.05, 0) is 37.6 Å². The summed E-state index contributed by atoms with van der Waals surface area (Å²) in [7, 11) is 3.20. The smallest absolute Gasteiger partial charge is 0.187 e. The highest BCUT2D eigenvalue weighted by Gasteiger charge is 2.07. The maximum Gasteiger partial charge on any atom is 0.187 e. The number of carbonyl (C=O) groups is 1. The van der Waals surface area contributed by atoms with Gasteiger partial charge in [0, 0.05) is 23.9 Å². The van der Waals surface area contributed by atoms with Gasteiger partial charge in [-0.2, -0.15) is 0 Å². The lowest BCUT2D eigenvalue weighted by atomic mass is 10.0. The summed E-state index contributed by atoms with van der Waals surface area (Å²) in [6.45, 7) is 3.90. The Kier molecular flexibility index (Phi) is 5.41. The fourth-order valence-electron chi connectivity index (χ4n) is 2.23. The second kappa shape index (κ2) is 7.49. The van der Waals surface area contributed by atoms with E-state index in [4.69, 9.17) is 9.47 Å². The van der Waals surface area contributed by atoms with Crippen LogP contribution in [0, 0.1) is 13.8 Å². The Balaban J connectivity index is 2.15. The molecule has 23 heavy (non-hydrogen) atoms. The van der Waals surface area contributed by atoms with Gasteiger partial charge in [-0.1, -0.05) is 17.7 Å². The van der Waals surface area contributed by atoms with Gasteiger partial charge in [0.05, 0.1) is 19.9 Å². The van der Waals surface area contributed by atoms with E-state index in [2.05, 4.69) is 5.32 Å². The molecule has 4 nitrogen and oxygen atoms in total. The lowest BCUT2D eigenvalue weighted by molar-refractivity contribution is 0.104. The molecule has 2 rings (SSSR count). The molecule has 2 aromatic carbocycles. The van der Waals surface area contributed by atoms with E-state index in [1.54, 1.807) is 20.4 Å². The minimum atomic E-state index is -0.0411. The second-order valence-electron chi connectivity index (χ2n) is 5.23. The number of nitrogens with one attached hydrogen (secondary N) is 1. The molecule has 0 saturated heterocycles. The van der Waals surface area contributed by atoms with Crippen molar-refractivity contribution in [2.75, 3.05) is 19.5 Å². The summed E-state index contributed by atoms with van der Waals surface area (Å²) in [6.07, 6.45) is 3.13. The third kappa shape index (κ3) is 4.13. The van der Waals surface area contributed by atoms with Gasteiger partial charge in [-0.25, -0.2) is 0 Å². The Morgan fingerprint density at radius 2 is 1.83 bits per heavy atom. The van der Waals surface area contributed by atoms with Crippen LogP contribution < -0.4 is 14.8 Å². The van der Waals surface area contributed by atoms with E-state index in [0.29, 0.717) is 17.1 Å². The first-order valence-corrected chi connectivity index (χ1v) is 7.32. The molecule has 0 unspecified atom stereocenters. The highest BCUT2D eigenvalue weighted by Crippen LogP contribution is 2.28. The van der Waals surface area contributed by atoms with Crippen LogP contribution in [-0.4, -0.2) is 20.0 Å². The van der Waals surface area contributed by atoms with Crippen molar-refractivity contribution in [3.05, 3.63) is 65.4 Å². The Morgan fingerprint density at radius 3 is 2.52 bits per heavy atom. The van der Waals surface area contributed by atoms with Gasteiger partial charge >= 0.3 is 0 Å². The molecule has 0 aliphatic carbocycles. The van der Waals surface area contributed by atoms with Crippen LogP contribution in [0.15, 0.2) is 48.7 Å². The molecule has 0 aromatic heterocycles. The van der Waals surface area contributed by atoms with Crippen molar-refractivity contribution >= 4 is 11.5 Å². The van der Waals surface area contributed by atoms with E-state index < -0.39 is 0 Å². The van der Waals surface area contributed by atoms with Gasteiger partial charge in [-0.15, -0.1) is 0 Å². The molecule has 0 radical (unpaired) electrons. The number of rotatable bonds is 6. The van der Waals surface area contributed by atoms with E-state index >= 15 is 0 Å². The van der Waals surface area contributed by atoms with E-state index in [0.717, 1.165) is 16.8 Å². The molecule has 1 N–H and O–H groups in total. The first kappa shape index (κ1) is 16.6. The average molecular weight is 311 g/mol. The Bertz CT molecular complexity index is 735. The fraction of sp³-hybridized carbons (Fsp3) is 0.211. The zero-order valence-corrected chi connectivity index (χ0v) is 13.8. The second-order valence-corrected chi connectivity index (χ2v) is 5.23. The standard InChI is InChI=1S/C19H21NO3/c1-13-5-6-14(2)16(11-13)18(21)9-10-20-17-12-15(22-3)7-8-19(17)23-4/h5-12,20H,1-4H3. The number of hydrogen-bond donors (Lipinski definition) is 1. The molecule has 0 aliphatic rings. The number of allylic oxidation sites excluding steroid dienone is 1. The van der Waals surface area contributed by atoms with E-state index in [9.17, 15) is 4.79 Å².